The molecule has 5 atom stereocenters. The van der Waals surface area contributed by atoms with Crippen molar-refractivity contribution in [2.45, 2.75) is 329 Å². The van der Waals surface area contributed by atoms with Crippen LogP contribution in [0.1, 0.15) is 310 Å². The fraction of sp³-hybridized carbons (Fsp3) is 0.722. The molecule has 0 bridgehead atoms. The topological polar surface area (TPSA) is 237 Å². The Labute approximate surface area is 594 Å². The summed E-state index contributed by atoms with van der Waals surface area (Å²) in [5, 5.41) is 10.6. The fourth-order valence-corrected chi connectivity index (χ4v) is 11.5. The summed E-state index contributed by atoms with van der Waals surface area (Å²) in [6.07, 6.45) is 75.1. The molecule has 17 nitrogen and oxygen atoms in total. The van der Waals surface area contributed by atoms with Crippen LogP contribution in [0.4, 0.5) is 0 Å². The van der Waals surface area contributed by atoms with Crippen LogP contribution in [-0.4, -0.2) is 96.7 Å². The quantitative estimate of drug-likeness (QED) is 0.0169. The molecule has 0 heterocycles. The summed E-state index contributed by atoms with van der Waals surface area (Å²) in [6.45, 7) is 4.55. The zero-order chi connectivity index (χ0) is 71.8. The summed E-state index contributed by atoms with van der Waals surface area (Å²) in [7, 11) is -9.96. The van der Waals surface area contributed by atoms with E-state index in [1.165, 1.54) is 51.4 Å². The number of phosphoric acid groups is 2. The third-order valence-electron chi connectivity index (χ3n) is 15.7. The van der Waals surface area contributed by atoms with E-state index in [9.17, 15) is 43.2 Å². The lowest BCUT2D eigenvalue weighted by molar-refractivity contribution is -0.161. The highest BCUT2D eigenvalue weighted by atomic mass is 31.2. The monoisotopic (exact) mass is 1420 g/mol. The second-order valence-corrected chi connectivity index (χ2v) is 28.1. The molecular formula is C79H136O17P2. The summed E-state index contributed by atoms with van der Waals surface area (Å²) in [4.78, 5) is 72.8. The summed E-state index contributed by atoms with van der Waals surface area (Å²) in [6, 6.07) is 0. The molecule has 0 amide bonds. The molecule has 0 aliphatic heterocycles. The maximum atomic E-state index is 13.1. The molecule has 0 spiro atoms. The highest BCUT2D eigenvalue weighted by Crippen LogP contribution is 2.45. The third kappa shape index (κ3) is 70.2. The number of ether oxygens (including phenoxy) is 4. The first kappa shape index (κ1) is 93.7. The van der Waals surface area contributed by atoms with E-state index in [1.54, 1.807) is 0 Å². The lowest BCUT2D eigenvalue weighted by Gasteiger charge is -2.21. The molecule has 0 aliphatic carbocycles. The van der Waals surface area contributed by atoms with Gasteiger partial charge in [-0.1, -0.05) is 253 Å². The van der Waals surface area contributed by atoms with E-state index < -0.39 is 97.5 Å². The number of rotatable bonds is 71. The standard InChI is InChI=1S/C79H136O17P2/c1-5-9-13-17-21-25-29-32-35-36-39-41-45-48-52-56-60-64-77(82)90-70-75(96-79(84)66-62-58-54-50-46-42-38-34-31-27-23-19-15-11-7-3)72-94-98(87,88)92-68-73(80)67-91-97(85,86)93-71-74(95-78(83)65-61-57-53-49-43-28-24-20-16-12-8-4)69-89-76(81)63-59-55-51-47-44-40-37-33-30-26-22-18-14-10-6-2/h9,11,13,15,20-21,23-25,27,32-35,37-39,41,73-75,80H,5-8,10,12,14,16-19,22,26,28-31,36,40,42-72H2,1-4H3,(H,85,86)(H,87,88)/b13-9-,15-11-,24-20-,25-21-,27-23-,35-32-,37-33-,38-34-,41-39-. The molecule has 0 saturated heterocycles. The lowest BCUT2D eigenvalue weighted by atomic mass is 10.1. The number of hydrogen-bond donors (Lipinski definition) is 3. The molecule has 98 heavy (non-hydrogen) atoms. The van der Waals surface area contributed by atoms with Gasteiger partial charge in [0.05, 0.1) is 26.4 Å². The smallest absolute Gasteiger partial charge is 0.462 e. The normalized spacial score (nSPS) is 14.6. The molecular weight excluding hydrogens is 1280 g/mol. The van der Waals surface area contributed by atoms with Crippen molar-refractivity contribution in [2.75, 3.05) is 39.6 Å². The molecule has 19 heteroatoms. The number of phosphoric ester groups is 2. The minimum atomic E-state index is -4.99. The first-order chi connectivity index (χ1) is 47.7. The van der Waals surface area contributed by atoms with Gasteiger partial charge in [0.1, 0.15) is 19.3 Å². The number of carbonyl (C=O) groups excluding carboxylic acids is 4. The van der Waals surface area contributed by atoms with Gasteiger partial charge in [0, 0.05) is 25.7 Å². The van der Waals surface area contributed by atoms with Crippen molar-refractivity contribution in [3.05, 3.63) is 109 Å². The molecule has 0 aromatic rings. The predicted octanol–water partition coefficient (Wildman–Crippen LogP) is 21.8. The van der Waals surface area contributed by atoms with E-state index in [4.69, 9.17) is 37.0 Å². The summed E-state index contributed by atoms with van der Waals surface area (Å²) < 4.78 is 68.4. The van der Waals surface area contributed by atoms with Crippen molar-refractivity contribution in [2.24, 2.45) is 0 Å². The summed E-state index contributed by atoms with van der Waals surface area (Å²) in [5.74, 6) is -2.23. The number of esters is 4. The second kappa shape index (κ2) is 71.1. The number of hydrogen-bond acceptors (Lipinski definition) is 15. The molecule has 5 unspecified atom stereocenters. The van der Waals surface area contributed by atoms with Crippen LogP contribution in [-0.2, 0) is 65.4 Å². The van der Waals surface area contributed by atoms with Gasteiger partial charge >= 0.3 is 39.5 Å². The number of unbranched alkanes of at least 4 members (excludes halogenated alkanes) is 27. The van der Waals surface area contributed by atoms with Gasteiger partial charge in [-0.25, -0.2) is 9.13 Å². The van der Waals surface area contributed by atoms with Crippen molar-refractivity contribution in [3.8, 4) is 0 Å². The Kier molecular flexibility index (Phi) is 68.0. The van der Waals surface area contributed by atoms with E-state index in [1.807, 2.05) is 0 Å². The van der Waals surface area contributed by atoms with Crippen LogP contribution in [0.25, 0.3) is 0 Å². The van der Waals surface area contributed by atoms with Gasteiger partial charge < -0.3 is 33.8 Å². The highest BCUT2D eigenvalue weighted by molar-refractivity contribution is 7.47. The van der Waals surface area contributed by atoms with Crippen molar-refractivity contribution in [1.82, 2.24) is 0 Å². The SMILES string of the molecule is CC/C=C\C/C=C\C/C=C\C/C=C\CCCCCCC(=O)OCC(COP(=O)(O)OCC(O)COP(=O)(O)OCC(COC(=O)CCCCCCC/C=C\CCCCCCCC)OC(=O)CCCCCCC/C=C\CCCC)OC(=O)CCCCCCC/C=C\C/C=C\C/C=C\CC. The molecule has 3 N–H and O–H groups in total. The molecule has 564 valence electrons. The Bertz CT molecular complexity index is 2290. The van der Waals surface area contributed by atoms with E-state index in [0.29, 0.717) is 25.7 Å². The number of carbonyl (C=O) groups is 4. The van der Waals surface area contributed by atoms with Gasteiger partial charge in [-0.3, -0.25) is 37.3 Å². The molecule has 0 rings (SSSR count). The van der Waals surface area contributed by atoms with Gasteiger partial charge in [-0.15, -0.1) is 0 Å². The fourth-order valence-electron chi connectivity index (χ4n) is 9.91. The van der Waals surface area contributed by atoms with Crippen LogP contribution < -0.4 is 0 Å². The Morgan fingerprint density at radius 1 is 0.296 bits per heavy atom. The van der Waals surface area contributed by atoms with E-state index in [-0.39, 0.29) is 25.7 Å². The van der Waals surface area contributed by atoms with Gasteiger partial charge in [-0.05, 0) is 141 Å². The van der Waals surface area contributed by atoms with Gasteiger partial charge in [-0.2, -0.15) is 0 Å². The van der Waals surface area contributed by atoms with Gasteiger partial charge in [0.2, 0.25) is 0 Å². The first-order valence-electron chi connectivity index (χ1n) is 38.1. The number of aliphatic hydroxyl groups is 1. The Morgan fingerprint density at radius 2 is 0.541 bits per heavy atom. The van der Waals surface area contributed by atoms with Crippen LogP contribution in [0, 0.1) is 0 Å². The Morgan fingerprint density at radius 3 is 0.857 bits per heavy atom. The van der Waals surface area contributed by atoms with E-state index in [0.717, 1.165) is 180 Å². The van der Waals surface area contributed by atoms with Crippen LogP contribution in [0.2, 0.25) is 0 Å². The summed E-state index contributed by atoms with van der Waals surface area (Å²) in [5.41, 5.74) is 0. The molecule has 0 aromatic heterocycles. The molecule has 0 fully saturated rings. The number of aliphatic hydroxyl groups excluding tert-OH is 1. The minimum Gasteiger partial charge on any atom is -0.462 e. The van der Waals surface area contributed by atoms with Gasteiger partial charge in [0.25, 0.3) is 0 Å². The lowest BCUT2D eigenvalue weighted by Crippen LogP contribution is -2.30. The summed E-state index contributed by atoms with van der Waals surface area (Å²) >= 11 is 0. The average molecular weight is 1420 g/mol. The van der Waals surface area contributed by atoms with Gasteiger partial charge in [0.15, 0.2) is 12.2 Å². The first-order valence-corrected chi connectivity index (χ1v) is 41.1. The van der Waals surface area contributed by atoms with E-state index in [2.05, 4.69) is 137 Å². The molecule has 0 aromatic carbocycles. The molecule has 0 saturated carbocycles. The van der Waals surface area contributed by atoms with Crippen LogP contribution in [0.3, 0.4) is 0 Å². The second-order valence-electron chi connectivity index (χ2n) is 25.2. The largest absolute Gasteiger partial charge is 0.472 e. The van der Waals surface area contributed by atoms with Crippen LogP contribution in [0.15, 0.2) is 109 Å². The Balaban J connectivity index is 5.37. The van der Waals surface area contributed by atoms with Crippen molar-refractivity contribution < 1.29 is 80.2 Å². The molecule has 0 radical (unpaired) electrons. The zero-order valence-corrected chi connectivity index (χ0v) is 63.2. The maximum absolute atomic E-state index is 13.1. The van der Waals surface area contributed by atoms with Crippen molar-refractivity contribution >= 4 is 39.5 Å². The maximum Gasteiger partial charge on any atom is 0.472 e. The minimum absolute atomic E-state index is 0.0680. The predicted molar refractivity (Wildman–Crippen MR) is 399 cm³/mol. The van der Waals surface area contributed by atoms with Crippen molar-refractivity contribution in [3.63, 3.8) is 0 Å². The van der Waals surface area contributed by atoms with Crippen LogP contribution >= 0.6 is 15.6 Å². The Hall–Kier alpha value is -4.28. The zero-order valence-electron chi connectivity index (χ0n) is 61.4. The van der Waals surface area contributed by atoms with Crippen molar-refractivity contribution in [1.29, 1.82) is 0 Å². The third-order valence-corrected chi connectivity index (χ3v) is 17.6. The van der Waals surface area contributed by atoms with Crippen LogP contribution in [0.5, 0.6) is 0 Å². The van der Waals surface area contributed by atoms with E-state index >= 15 is 0 Å². The average Bonchev–Trinajstić information content (AvgIpc) is 0.986. The highest BCUT2D eigenvalue weighted by Gasteiger charge is 2.30. The number of allylic oxidation sites excluding steroid dienone is 18. The molecule has 0 aliphatic rings.